The van der Waals surface area contributed by atoms with Crippen LogP contribution in [0.25, 0.3) is 0 Å². The molecule has 0 radical (unpaired) electrons. The van der Waals surface area contributed by atoms with Crippen LogP contribution in [0.2, 0.25) is 0 Å². The lowest BCUT2D eigenvalue weighted by molar-refractivity contribution is 0.0999. The number of nitrogens with zero attached hydrogens (tertiary/aromatic N) is 1. The zero-order chi connectivity index (χ0) is 13.9. The van der Waals surface area contributed by atoms with Crippen LogP contribution in [0.5, 0.6) is 0 Å². The van der Waals surface area contributed by atoms with E-state index in [1.807, 2.05) is 0 Å². The summed E-state index contributed by atoms with van der Waals surface area (Å²) in [6.07, 6.45) is 9.56. The minimum Gasteiger partial charge on any atom is -0.327 e. The summed E-state index contributed by atoms with van der Waals surface area (Å²) >= 11 is 0. The van der Waals surface area contributed by atoms with Gasteiger partial charge in [0, 0.05) is 12.6 Å². The van der Waals surface area contributed by atoms with Crippen molar-refractivity contribution in [3.8, 4) is 0 Å². The minimum absolute atomic E-state index is 0.446. The first-order valence-corrected chi connectivity index (χ1v) is 8.45. The van der Waals surface area contributed by atoms with Gasteiger partial charge in [-0.05, 0) is 62.4 Å². The van der Waals surface area contributed by atoms with Crippen molar-refractivity contribution in [1.82, 2.24) is 4.90 Å². The highest BCUT2D eigenvalue weighted by atomic mass is 15.1. The molecule has 0 aromatic rings. The molecule has 1 aliphatic heterocycles. The molecule has 2 fully saturated rings. The fourth-order valence-electron chi connectivity index (χ4n) is 3.93. The van der Waals surface area contributed by atoms with Crippen molar-refractivity contribution in [3.63, 3.8) is 0 Å². The summed E-state index contributed by atoms with van der Waals surface area (Å²) in [6.45, 7) is 11.1. The van der Waals surface area contributed by atoms with E-state index in [0.29, 0.717) is 11.5 Å². The van der Waals surface area contributed by atoms with E-state index in [0.717, 1.165) is 11.8 Å². The van der Waals surface area contributed by atoms with E-state index in [9.17, 15) is 0 Å². The molecule has 2 aliphatic rings. The second kappa shape index (κ2) is 6.58. The van der Waals surface area contributed by atoms with Crippen LogP contribution in [0.3, 0.4) is 0 Å². The average molecular weight is 266 g/mol. The normalized spacial score (nSPS) is 35.1. The number of likely N-dealkylation sites (tertiary alicyclic amines) is 1. The molecule has 1 saturated heterocycles. The molecule has 0 bridgehead atoms. The van der Waals surface area contributed by atoms with Gasteiger partial charge in [-0.15, -0.1) is 0 Å². The molecule has 0 aromatic heterocycles. The quantitative estimate of drug-likeness (QED) is 0.826. The Bertz CT molecular complexity index is 261. The Morgan fingerprint density at radius 1 is 1.00 bits per heavy atom. The largest absolute Gasteiger partial charge is 0.327 e. The zero-order valence-electron chi connectivity index (χ0n) is 13.3. The number of nitrogens with two attached hydrogens (primary N) is 1. The Labute approximate surface area is 120 Å². The highest BCUT2D eigenvalue weighted by molar-refractivity contribution is 4.89. The molecule has 1 heterocycles. The predicted octanol–water partition coefficient (Wildman–Crippen LogP) is 3.65. The van der Waals surface area contributed by atoms with Crippen molar-refractivity contribution in [2.75, 3.05) is 19.6 Å². The lowest BCUT2D eigenvalue weighted by Crippen LogP contribution is -2.45. The van der Waals surface area contributed by atoms with Crippen LogP contribution in [0.15, 0.2) is 0 Å². The summed E-state index contributed by atoms with van der Waals surface area (Å²) in [7, 11) is 0. The fourth-order valence-corrected chi connectivity index (χ4v) is 3.93. The Morgan fingerprint density at radius 3 is 2.21 bits per heavy atom. The number of rotatable bonds is 2. The molecule has 0 spiro atoms. The zero-order valence-corrected chi connectivity index (χ0v) is 13.3. The molecule has 0 amide bonds. The van der Waals surface area contributed by atoms with E-state index >= 15 is 0 Å². The van der Waals surface area contributed by atoms with Crippen LogP contribution < -0.4 is 5.73 Å². The highest BCUT2D eigenvalue weighted by Crippen LogP contribution is 2.40. The number of hydrogen-bond donors (Lipinski definition) is 1. The fraction of sp³-hybridized carbons (Fsp3) is 1.00. The first-order valence-electron chi connectivity index (χ1n) is 8.45. The average Bonchev–Trinajstić information content (AvgIpc) is 2.59. The lowest BCUT2D eigenvalue weighted by Gasteiger charge is -2.42. The van der Waals surface area contributed by atoms with Crippen molar-refractivity contribution < 1.29 is 0 Å². The summed E-state index contributed by atoms with van der Waals surface area (Å²) < 4.78 is 0. The third kappa shape index (κ3) is 4.46. The van der Waals surface area contributed by atoms with E-state index in [1.54, 1.807) is 0 Å². The summed E-state index contributed by atoms with van der Waals surface area (Å²) in [5.74, 6) is 1.60. The van der Waals surface area contributed by atoms with Crippen LogP contribution >= 0.6 is 0 Å². The van der Waals surface area contributed by atoms with E-state index in [4.69, 9.17) is 5.73 Å². The van der Waals surface area contributed by atoms with Crippen molar-refractivity contribution in [3.05, 3.63) is 0 Å². The van der Waals surface area contributed by atoms with Crippen LogP contribution in [0.1, 0.15) is 65.7 Å². The minimum atomic E-state index is 0.446. The van der Waals surface area contributed by atoms with Gasteiger partial charge in [0.05, 0.1) is 0 Å². The Balaban J connectivity index is 1.89. The smallest absolute Gasteiger partial charge is 0.00795 e. The van der Waals surface area contributed by atoms with Gasteiger partial charge in [0.2, 0.25) is 0 Å². The first-order chi connectivity index (χ1) is 8.97. The third-order valence-electron chi connectivity index (χ3n) is 5.46. The highest BCUT2D eigenvalue weighted by Gasteiger charge is 2.35. The topological polar surface area (TPSA) is 29.3 Å². The van der Waals surface area contributed by atoms with Crippen LogP contribution in [0.4, 0.5) is 0 Å². The molecule has 2 rings (SSSR count). The van der Waals surface area contributed by atoms with Crippen molar-refractivity contribution in [1.29, 1.82) is 0 Å². The van der Waals surface area contributed by atoms with Crippen molar-refractivity contribution >= 4 is 0 Å². The molecule has 1 aliphatic carbocycles. The molecule has 2 N–H and O–H groups in total. The van der Waals surface area contributed by atoms with Crippen LogP contribution in [-0.2, 0) is 0 Å². The molecule has 112 valence electrons. The molecular weight excluding hydrogens is 232 g/mol. The summed E-state index contributed by atoms with van der Waals surface area (Å²) in [5, 5.41) is 0. The molecule has 2 heteroatoms. The van der Waals surface area contributed by atoms with Gasteiger partial charge >= 0.3 is 0 Å². The summed E-state index contributed by atoms with van der Waals surface area (Å²) in [4.78, 5) is 2.70. The molecule has 1 saturated carbocycles. The third-order valence-corrected chi connectivity index (χ3v) is 5.46. The maximum atomic E-state index is 6.41. The van der Waals surface area contributed by atoms with Crippen molar-refractivity contribution in [2.45, 2.75) is 71.8 Å². The van der Waals surface area contributed by atoms with Gasteiger partial charge in [0.25, 0.3) is 0 Å². The Kier molecular flexibility index (Phi) is 5.30. The van der Waals surface area contributed by atoms with Gasteiger partial charge in [0.1, 0.15) is 0 Å². The maximum Gasteiger partial charge on any atom is 0.00795 e. The van der Waals surface area contributed by atoms with Crippen LogP contribution in [0, 0.1) is 17.3 Å². The SMILES string of the molecule is CC(C)(C)C1CCC(N)C(CN2CCCCCC2)C1. The van der Waals surface area contributed by atoms with Gasteiger partial charge in [-0.1, -0.05) is 33.6 Å². The maximum absolute atomic E-state index is 6.41. The molecule has 19 heavy (non-hydrogen) atoms. The van der Waals surface area contributed by atoms with E-state index < -0.39 is 0 Å². The van der Waals surface area contributed by atoms with Gasteiger partial charge in [-0.25, -0.2) is 0 Å². The second-order valence-electron chi connectivity index (χ2n) is 8.01. The lowest BCUT2D eigenvalue weighted by atomic mass is 9.67. The Hall–Kier alpha value is -0.0800. The Morgan fingerprint density at radius 2 is 1.63 bits per heavy atom. The monoisotopic (exact) mass is 266 g/mol. The van der Waals surface area contributed by atoms with Gasteiger partial charge in [0.15, 0.2) is 0 Å². The molecular formula is C17H34N2. The van der Waals surface area contributed by atoms with E-state index in [2.05, 4.69) is 25.7 Å². The summed E-state index contributed by atoms with van der Waals surface area (Å²) in [5.41, 5.74) is 6.87. The second-order valence-corrected chi connectivity index (χ2v) is 8.01. The van der Waals surface area contributed by atoms with E-state index in [1.165, 1.54) is 64.6 Å². The van der Waals surface area contributed by atoms with Crippen LogP contribution in [-0.4, -0.2) is 30.6 Å². The molecule has 3 unspecified atom stereocenters. The molecule has 3 atom stereocenters. The summed E-state index contributed by atoms with van der Waals surface area (Å²) in [6, 6.07) is 0.446. The number of hydrogen-bond acceptors (Lipinski definition) is 2. The first kappa shape index (κ1) is 15.3. The van der Waals surface area contributed by atoms with Gasteiger partial charge in [-0.3, -0.25) is 0 Å². The predicted molar refractivity (Wildman–Crippen MR) is 83.2 cm³/mol. The van der Waals surface area contributed by atoms with Gasteiger partial charge < -0.3 is 10.6 Å². The molecule has 0 aromatic carbocycles. The van der Waals surface area contributed by atoms with Gasteiger partial charge in [-0.2, -0.15) is 0 Å². The molecule has 2 nitrogen and oxygen atoms in total. The van der Waals surface area contributed by atoms with Crippen molar-refractivity contribution in [2.24, 2.45) is 23.0 Å². The van der Waals surface area contributed by atoms with E-state index in [-0.39, 0.29) is 0 Å². The standard InChI is InChI=1S/C17H34N2/c1-17(2,3)15-8-9-16(18)14(12-15)13-19-10-6-4-5-7-11-19/h14-16H,4-13,18H2,1-3H3.